The molecule has 0 bridgehead atoms. The number of aromatic nitrogens is 1. The number of fused-ring (bicyclic) bond motifs is 1. The summed E-state index contributed by atoms with van der Waals surface area (Å²) in [7, 11) is 1.46. The highest BCUT2D eigenvalue weighted by Crippen LogP contribution is 2.23. The summed E-state index contributed by atoms with van der Waals surface area (Å²) in [6, 6.07) is 6.44. The molecule has 0 N–H and O–H groups in total. The highest BCUT2D eigenvalue weighted by Gasteiger charge is 2.06. The van der Waals surface area contributed by atoms with Crippen LogP contribution in [0.25, 0.3) is 10.9 Å². The summed E-state index contributed by atoms with van der Waals surface area (Å²) >= 11 is 0. The van der Waals surface area contributed by atoms with Gasteiger partial charge in [0.25, 0.3) is 0 Å². The minimum atomic E-state index is -0.450. The van der Waals surface area contributed by atoms with Gasteiger partial charge in [-0.2, -0.15) is 5.26 Å². The third-order valence-corrected chi connectivity index (χ3v) is 2.07. The van der Waals surface area contributed by atoms with Crippen molar-refractivity contribution in [2.45, 2.75) is 0 Å². The van der Waals surface area contributed by atoms with Gasteiger partial charge >= 0.3 is 0 Å². The zero-order valence-corrected chi connectivity index (χ0v) is 7.99. The Hall–Kier alpha value is -2.15. The van der Waals surface area contributed by atoms with E-state index in [1.807, 2.05) is 6.07 Å². The van der Waals surface area contributed by atoms with Crippen molar-refractivity contribution in [3.8, 4) is 11.8 Å². The summed E-state index contributed by atoms with van der Waals surface area (Å²) in [6.07, 6.45) is 1.35. The molecule has 4 heteroatoms. The molecule has 0 saturated heterocycles. The minimum Gasteiger partial charge on any atom is -0.497 e. The molecule has 0 aliphatic carbocycles. The van der Waals surface area contributed by atoms with Crippen molar-refractivity contribution in [3.05, 3.63) is 35.8 Å². The van der Waals surface area contributed by atoms with Crippen LogP contribution in [0.1, 0.15) is 5.56 Å². The van der Waals surface area contributed by atoms with Crippen LogP contribution in [0.5, 0.6) is 5.75 Å². The molecule has 2 aromatic rings. The van der Waals surface area contributed by atoms with Crippen LogP contribution in [-0.4, -0.2) is 12.1 Å². The van der Waals surface area contributed by atoms with E-state index in [1.165, 1.54) is 19.4 Å². The molecule has 1 aromatic carbocycles. The average Bonchev–Trinajstić information content (AvgIpc) is 2.28. The number of benzene rings is 1. The molecular formula is C11H7FN2O. The molecule has 0 fully saturated rings. The predicted octanol–water partition coefficient (Wildman–Crippen LogP) is 2.25. The van der Waals surface area contributed by atoms with Crippen LogP contribution in [0.15, 0.2) is 24.4 Å². The Kier molecular flexibility index (Phi) is 2.22. The maximum absolute atomic E-state index is 13.4. The van der Waals surface area contributed by atoms with Crippen LogP contribution in [0.3, 0.4) is 0 Å². The van der Waals surface area contributed by atoms with E-state index < -0.39 is 5.82 Å². The molecular weight excluding hydrogens is 195 g/mol. The smallest absolute Gasteiger partial charge is 0.153 e. The van der Waals surface area contributed by atoms with Crippen LogP contribution in [-0.2, 0) is 0 Å². The molecule has 74 valence electrons. The quantitative estimate of drug-likeness (QED) is 0.712. The summed E-state index contributed by atoms with van der Waals surface area (Å²) < 4.78 is 18.4. The van der Waals surface area contributed by atoms with Gasteiger partial charge in [-0.15, -0.1) is 0 Å². The van der Waals surface area contributed by atoms with Crippen molar-refractivity contribution in [1.29, 1.82) is 5.26 Å². The Morgan fingerprint density at radius 2 is 2.20 bits per heavy atom. The van der Waals surface area contributed by atoms with Crippen LogP contribution in [0.2, 0.25) is 0 Å². The van der Waals surface area contributed by atoms with E-state index in [0.717, 1.165) is 0 Å². The molecule has 0 radical (unpaired) electrons. The Morgan fingerprint density at radius 3 is 2.87 bits per heavy atom. The number of hydrogen-bond acceptors (Lipinski definition) is 3. The zero-order valence-electron chi connectivity index (χ0n) is 7.99. The number of nitriles is 1. The van der Waals surface area contributed by atoms with Gasteiger partial charge in [-0.25, -0.2) is 4.39 Å². The first-order valence-corrected chi connectivity index (χ1v) is 4.28. The number of hydrogen-bond donors (Lipinski definition) is 0. The van der Waals surface area contributed by atoms with E-state index in [9.17, 15) is 4.39 Å². The van der Waals surface area contributed by atoms with Gasteiger partial charge in [-0.1, -0.05) is 0 Å². The molecule has 0 aliphatic heterocycles. The Morgan fingerprint density at radius 1 is 1.40 bits per heavy atom. The highest BCUT2D eigenvalue weighted by atomic mass is 19.1. The van der Waals surface area contributed by atoms with Gasteiger partial charge in [-0.3, -0.25) is 4.98 Å². The van der Waals surface area contributed by atoms with Gasteiger partial charge in [0, 0.05) is 17.6 Å². The van der Waals surface area contributed by atoms with Gasteiger partial charge in [0.2, 0.25) is 0 Å². The Labute approximate surface area is 85.7 Å². The van der Waals surface area contributed by atoms with Gasteiger partial charge in [0.1, 0.15) is 17.3 Å². The zero-order chi connectivity index (χ0) is 10.8. The fourth-order valence-electron chi connectivity index (χ4n) is 1.36. The van der Waals surface area contributed by atoms with Crippen molar-refractivity contribution in [2.24, 2.45) is 0 Å². The van der Waals surface area contributed by atoms with E-state index >= 15 is 0 Å². The van der Waals surface area contributed by atoms with E-state index in [1.54, 1.807) is 12.1 Å². The number of methoxy groups -OCH3 is 1. The Balaban J connectivity index is 2.76. The summed E-state index contributed by atoms with van der Waals surface area (Å²) in [5.74, 6) is -0.0364. The van der Waals surface area contributed by atoms with Crippen molar-refractivity contribution in [1.82, 2.24) is 4.98 Å². The standard InChI is InChI=1S/C11H7FN2O/c1-15-9-3-8-2-7(5-13)6-14-11(8)10(12)4-9/h2-4,6H,1H3. The summed E-state index contributed by atoms with van der Waals surface area (Å²) in [4.78, 5) is 3.87. The fraction of sp³-hybridized carbons (Fsp3) is 0.0909. The second kappa shape index (κ2) is 3.54. The third-order valence-electron chi connectivity index (χ3n) is 2.07. The van der Waals surface area contributed by atoms with Crippen molar-refractivity contribution >= 4 is 10.9 Å². The van der Waals surface area contributed by atoms with Gasteiger partial charge in [0.05, 0.1) is 12.7 Å². The second-order valence-corrected chi connectivity index (χ2v) is 3.02. The normalized spacial score (nSPS) is 9.93. The summed E-state index contributed by atoms with van der Waals surface area (Å²) in [6.45, 7) is 0. The van der Waals surface area contributed by atoms with Gasteiger partial charge < -0.3 is 4.74 Å². The van der Waals surface area contributed by atoms with Crippen LogP contribution in [0, 0.1) is 17.1 Å². The monoisotopic (exact) mass is 202 g/mol. The highest BCUT2D eigenvalue weighted by molar-refractivity contribution is 5.81. The molecule has 2 rings (SSSR count). The molecule has 15 heavy (non-hydrogen) atoms. The fourth-order valence-corrected chi connectivity index (χ4v) is 1.36. The van der Waals surface area contributed by atoms with Crippen LogP contribution >= 0.6 is 0 Å². The molecule has 0 amide bonds. The Bertz CT molecular complexity index is 560. The molecule has 1 aromatic heterocycles. The third kappa shape index (κ3) is 1.59. The lowest BCUT2D eigenvalue weighted by molar-refractivity contribution is 0.412. The van der Waals surface area contributed by atoms with E-state index in [2.05, 4.69) is 4.98 Å². The SMILES string of the molecule is COc1cc(F)c2ncc(C#N)cc2c1. The lowest BCUT2D eigenvalue weighted by atomic mass is 10.1. The maximum Gasteiger partial charge on any atom is 0.153 e. The lowest BCUT2D eigenvalue weighted by Crippen LogP contribution is -1.89. The van der Waals surface area contributed by atoms with E-state index in [0.29, 0.717) is 16.7 Å². The van der Waals surface area contributed by atoms with E-state index in [-0.39, 0.29) is 5.52 Å². The average molecular weight is 202 g/mol. The molecule has 1 heterocycles. The van der Waals surface area contributed by atoms with E-state index in [4.69, 9.17) is 10.00 Å². The number of nitrogens with zero attached hydrogens (tertiary/aromatic N) is 2. The number of halogens is 1. The minimum absolute atomic E-state index is 0.245. The number of pyridine rings is 1. The van der Waals surface area contributed by atoms with Gasteiger partial charge in [0.15, 0.2) is 5.82 Å². The first-order valence-electron chi connectivity index (χ1n) is 4.28. The summed E-state index contributed by atoms with van der Waals surface area (Å²) in [5.41, 5.74) is 0.643. The molecule has 0 unspecified atom stereocenters. The topological polar surface area (TPSA) is 45.9 Å². The molecule has 0 aliphatic rings. The first kappa shape index (κ1) is 9.41. The predicted molar refractivity (Wildman–Crippen MR) is 53.0 cm³/mol. The van der Waals surface area contributed by atoms with Crippen molar-refractivity contribution < 1.29 is 9.13 Å². The second-order valence-electron chi connectivity index (χ2n) is 3.02. The molecule has 0 spiro atoms. The number of rotatable bonds is 1. The summed E-state index contributed by atoms with van der Waals surface area (Å²) in [5, 5.41) is 9.24. The molecule has 0 saturated carbocycles. The lowest BCUT2D eigenvalue weighted by Gasteiger charge is -2.03. The number of ether oxygens (including phenoxy) is 1. The molecule has 0 atom stereocenters. The van der Waals surface area contributed by atoms with Crippen LogP contribution in [0.4, 0.5) is 4.39 Å². The van der Waals surface area contributed by atoms with Gasteiger partial charge in [-0.05, 0) is 12.1 Å². The molecule has 3 nitrogen and oxygen atoms in total. The maximum atomic E-state index is 13.4. The first-order chi connectivity index (χ1) is 7.24. The van der Waals surface area contributed by atoms with Crippen molar-refractivity contribution in [3.63, 3.8) is 0 Å². The largest absolute Gasteiger partial charge is 0.497 e. The van der Waals surface area contributed by atoms with Crippen LogP contribution < -0.4 is 4.74 Å². The van der Waals surface area contributed by atoms with Crippen molar-refractivity contribution in [2.75, 3.05) is 7.11 Å².